The fourth-order valence-corrected chi connectivity index (χ4v) is 4.06. The van der Waals surface area contributed by atoms with Crippen LogP contribution in [-0.2, 0) is 19.6 Å². The van der Waals surface area contributed by atoms with Gasteiger partial charge in [0.05, 0.1) is 26.4 Å². The summed E-state index contributed by atoms with van der Waals surface area (Å²) in [4.78, 5) is 21.4. The summed E-state index contributed by atoms with van der Waals surface area (Å²) in [6.07, 6.45) is 18.4. The fourth-order valence-electron chi connectivity index (χ4n) is 4.06. The first-order valence-electron chi connectivity index (χ1n) is 11.9. The second kappa shape index (κ2) is 18.8. The summed E-state index contributed by atoms with van der Waals surface area (Å²) in [6.45, 7) is 9.15. The van der Waals surface area contributed by atoms with Gasteiger partial charge in [0, 0.05) is 0 Å². The van der Waals surface area contributed by atoms with Crippen molar-refractivity contribution in [1.29, 1.82) is 0 Å². The third-order valence-electron chi connectivity index (χ3n) is 6.02. The van der Waals surface area contributed by atoms with E-state index in [2.05, 4.69) is 27.7 Å². The molecule has 0 amide bonds. The maximum Gasteiger partial charge on any atom is 0.0935 e. The van der Waals surface area contributed by atoms with Gasteiger partial charge in [0.15, 0.2) is 0 Å². The molecule has 0 spiro atoms. The highest BCUT2D eigenvalue weighted by atomic mass is 17.2. The van der Waals surface area contributed by atoms with E-state index in [1.807, 2.05) is 0 Å². The lowest BCUT2D eigenvalue weighted by Crippen LogP contribution is -2.30. The number of rotatable bonds is 21. The number of unbranched alkanes of at least 4 members (excludes halogenated alkanes) is 8. The van der Waals surface area contributed by atoms with Crippen LogP contribution in [0.4, 0.5) is 0 Å². The molecule has 4 nitrogen and oxygen atoms in total. The molecule has 0 saturated heterocycles. The first kappa shape index (κ1) is 27.8. The Kier molecular flexibility index (Phi) is 18.7. The molecular formula is C24H50O4. The van der Waals surface area contributed by atoms with Gasteiger partial charge in [-0.15, -0.1) is 0 Å². The van der Waals surface area contributed by atoms with E-state index in [1.54, 1.807) is 14.2 Å². The van der Waals surface area contributed by atoms with Crippen molar-refractivity contribution in [2.45, 2.75) is 136 Å². The Morgan fingerprint density at radius 3 is 1.32 bits per heavy atom. The minimum absolute atomic E-state index is 0.157. The molecule has 170 valence electrons. The predicted octanol–water partition coefficient (Wildman–Crippen LogP) is 7.80. The van der Waals surface area contributed by atoms with Crippen LogP contribution in [0.2, 0.25) is 0 Å². The van der Waals surface area contributed by atoms with Crippen LogP contribution in [0.15, 0.2) is 0 Å². The molecule has 0 heterocycles. The van der Waals surface area contributed by atoms with E-state index >= 15 is 0 Å². The van der Waals surface area contributed by atoms with Gasteiger partial charge in [0.2, 0.25) is 0 Å². The molecule has 0 aromatic carbocycles. The summed E-state index contributed by atoms with van der Waals surface area (Å²) >= 11 is 0. The molecule has 0 N–H and O–H groups in total. The normalized spacial score (nSPS) is 16.1. The lowest BCUT2D eigenvalue weighted by molar-refractivity contribution is -0.319. The topological polar surface area (TPSA) is 36.9 Å². The second-order valence-electron chi connectivity index (χ2n) is 8.75. The Balaban J connectivity index is 4.57. The second-order valence-corrected chi connectivity index (χ2v) is 8.75. The van der Waals surface area contributed by atoms with Gasteiger partial charge >= 0.3 is 0 Å². The molecule has 0 aliphatic heterocycles. The average Bonchev–Trinajstić information content (AvgIpc) is 2.68. The Labute approximate surface area is 175 Å². The first-order chi connectivity index (χ1) is 13.5. The molecule has 2 unspecified atom stereocenters. The third kappa shape index (κ3) is 14.8. The van der Waals surface area contributed by atoms with Crippen LogP contribution in [0.1, 0.15) is 124 Å². The monoisotopic (exact) mass is 402 g/mol. The molecule has 4 heteroatoms. The summed E-state index contributed by atoms with van der Waals surface area (Å²) in [5.74, 6) is 0. The van der Waals surface area contributed by atoms with Crippen molar-refractivity contribution in [3.8, 4) is 0 Å². The van der Waals surface area contributed by atoms with Crippen LogP contribution in [0.25, 0.3) is 0 Å². The highest BCUT2D eigenvalue weighted by molar-refractivity contribution is 4.80. The van der Waals surface area contributed by atoms with Crippen molar-refractivity contribution < 1.29 is 19.6 Å². The van der Waals surface area contributed by atoms with Gasteiger partial charge in [-0.3, -0.25) is 0 Å². The number of hydrogen-bond donors (Lipinski definition) is 0. The van der Waals surface area contributed by atoms with Crippen molar-refractivity contribution in [2.75, 3.05) is 14.2 Å². The van der Waals surface area contributed by atoms with Gasteiger partial charge < -0.3 is 0 Å². The van der Waals surface area contributed by atoms with Gasteiger partial charge in [0.25, 0.3) is 0 Å². The van der Waals surface area contributed by atoms with Crippen LogP contribution in [0.3, 0.4) is 0 Å². The highest BCUT2D eigenvalue weighted by Crippen LogP contribution is 2.37. The van der Waals surface area contributed by atoms with Gasteiger partial charge in [0.1, 0.15) is 0 Å². The lowest BCUT2D eigenvalue weighted by atomic mass is 9.76. The maximum absolute atomic E-state index is 5.64. The molecule has 28 heavy (non-hydrogen) atoms. The zero-order valence-corrected chi connectivity index (χ0v) is 19.9. The van der Waals surface area contributed by atoms with Crippen LogP contribution in [0, 0.1) is 5.41 Å². The molecule has 0 rings (SSSR count). The van der Waals surface area contributed by atoms with Gasteiger partial charge in [-0.2, -0.15) is 0 Å². The Morgan fingerprint density at radius 1 is 0.607 bits per heavy atom. The molecule has 0 aromatic heterocycles. The standard InChI is InChI=1S/C24H50O4/c1-7-10-12-14-16-18-22(27-25-5)20-24(4,9-3)21-23(28-26-6)19-17-15-13-11-8-2/h22-23H,7-21H2,1-6H3. The molecular weight excluding hydrogens is 352 g/mol. The minimum atomic E-state index is 0.157. The Morgan fingerprint density at radius 2 is 1.00 bits per heavy atom. The summed E-state index contributed by atoms with van der Waals surface area (Å²) < 4.78 is 0. The van der Waals surface area contributed by atoms with Crippen LogP contribution in [0.5, 0.6) is 0 Å². The van der Waals surface area contributed by atoms with E-state index in [0.717, 1.165) is 32.1 Å². The van der Waals surface area contributed by atoms with Crippen LogP contribution >= 0.6 is 0 Å². The van der Waals surface area contributed by atoms with E-state index in [-0.39, 0.29) is 17.6 Å². The Hall–Kier alpha value is -0.160. The van der Waals surface area contributed by atoms with Gasteiger partial charge in [-0.1, -0.05) is 98.3 Å². The average molecular weight is 403 g/mol. The molecule has 0 fully saturated rings. The molecule has 0 aromatic rings. The largest absolute Gasteiger partial charge is 0.240 e. The van der Waals surface area contributed by atoms with E-state index in [9.17, 15) is 0 Å². The fraction of sp³-hybridized carbons (Fsp3) is 1.00. The molecule has 0 bridgehead atoms. The van der Waals surface area contributed by atoms with E-state index in [1.165, 1.54) is 64.2 Å². The Bertz CT molecular complexity index is 296. The molecule has 2 atom stereocenters. The SMILES string of the molecule is CCCCCCCC(CC(C)(CC)CC(CCCCCCC)OOC)OOC. The highest BCUT2D eigenvalue weighted by Gasteiger charge is 2.31. The van der Waals surface area contributed by atoms with Crippen molar-refractivity contribution >= 4 is 0 Å². The molecule has 0 aliphatic carbocycles. The van der Waals surface area contributed by atoms with Crippen LogP contribution in [-0.4, -0.2) is 26.4 Å². The summed E-state index contributed by atoms with van der Waals surface area (Å²) in [5.41, 5.74) is 0.166. The zero-order valence-electron chi connectivity index (χ0n) is 19.9. The first-order valence-corrected chi connectivity index (χ1v) is 11.9. The quantitative estimate of drug-likeness (QED) is 0.111. The van der Waals surface area contributed by atoms with Gasteiger partial charge in [-0.25, -0.2) is 19.6 Å². The van der Waals surface area contributed by atoms with Crippen molar-refractivity contribution in [3.05, 3.63) is 0 Å². The van der Waals surface area contributed by atoms with E-state index in [0.29, 0.717) is 0 Å². The maximum atomic E-state index is 5.64. The van der Waals surface area contributed by atoms with Crippen molar-refractivity contribution in [1.82, 2.24) is 0 Å². The summed E-state index contributed by atoms with van der Waals surface area (Å²) in [5, 5.41) is 0. The third-order valence-corrected chi connectivity index (χ3v) is 6.02. The minimum Gasteiger partial charge on any atom is -0.240 e. The number of hydrogen-bond acceptors (Lipinski definition) is 4. The van der Waals surface area contributed by atoms with Gasteiger partial charge in [-0.05, 0) is 31.1 Å². The molecule has 0 aliphatic rings. The molecule has 0 saturated carbocycles. The lowest BCUT2D eigenvalue weighted by Gasteiger charge is -2.34. The van der Waals surface area contributed by atoms with E-state index in [4.69, 9.17) is 19.6 Å². The smallest absolute Gasteiger partial charge is 0.0935 e. The van der Waals surface area contributed by atoms with Crippen molar-refractivity contribution in [3.63, 3.8) is 0 Å². The summed E-state index contributed by atoms with van der Waals surface area (Å²) in [7, 11) is 3.25. The van der Waals surface area contributed by atoms with Crippen molar-refractivity contribution in [2.24, 2.45) is 5.41 Å². The molecule has 0 radical (unpaired) electrons. The summed E-state index contributed by atoms with van der Waals surface area (Å²) in [6, 6.07) is 0. The predicted molar refractivity (Wildman–Crippen MR) is 118 cm³/mol. The zero-order chi connectivity index (χ0) is 21.1. The van der Waals surface area contributed by atoms with Crippen LogP contribution < -0.4 is 0 Å². The van der Waals surface area contributed by atoms with E-state index < -0.39 is 0 Å².